The SMILES string of the molecule is CCNS(=O)(=O)NC(C)(CO)CO. The van der Waals surface area contributed by atoms with Crippen LogP contribution in [-0.2, 0) is 10.2 Å². The van der Waals surface area contributed by atoms with Gasteiger partial charge in [-0.3, -0.25) is 0 Å². The second kappa shape index (κ2) is 4.87. The molecule has 4 N–H and O–H groups in total. The van der Waals surface area contributed by atoms with Crippen molar-refractivity contribution in [2.45, 2.75) is 19.4 Å². The quantitative estimate of drug-likeness (QED) is 0.416. The molecule has 0 heterocycles. The summed E-state index contributed by atoms with van der Waals surface area (Å²) in [5, 5.41) is 17.6. The maximum Gasteiger partial charge on any atom is 0.277 e. The predicted molar refractivity (Wildman–Crippen MR) is 48.3 cm³/mol. The summed E-state index contributed by atoms with van der Waals surface area (Å²) < 4.78 is 26.6. The fourth-order valence-corrected chi connectivity index (χ4v) is 1.90. The van der Waals surface area contributed by atoms with Gasteiger partial charge < -0.3 is 10.2 Å². The molecular weight excluding hydrogens is 196 g/mol. The first-order chi connectivity index (χ1) is 5.89. The minimum Gasteiger partial charge on any atom is -0.394 e. The fourth-order valence-electron chi connectivity index (χ4n) is 0.665. The largest absolute Gasteiger partial charge is 0.394 e. The summed E-state index contributed by atoms with van der Waals surface area (Å²) in [5.41, 5.74) is -1.22. The minimum atomic E-state index is -3.63. The van der Waals surface area contributed by atoms with E-state index in [1.807, 2.05) is 0 Å². The summed E-state index contributed by atoms with van der Waals surface area (Å²) in [5.74, 6) is 0. The van der Waals surface area contributed by atoms with Gasteiger partial charge in [-0.15, -0.1) is 0 Å². The van der Waals surface area contributed by atoms with Crippen molar-refractivity contribution in [2.24, 2.45) is 0 Å². The number of hydrogen-bond acceptors (Lipinski definition) is 4. The molecule has 6 nitrogen and oxygen atoms in total. The average Bonchev–Trinajstić information content (AvgIpc) is 2.03. The van der Waals surface area contributed by atoms with E-state index in [1.54, 1.807) is 6.92 Å². The van der Waals surface area contributed by atoms with Crippen molar-refractivity contribution in [2.75, 3.05) is 19.8 Å². The summed E-state index contributed by atoms with van der Waals surface area (Å²) in [6.07, 6.45) is 0. The molecule has 0 rings (SSSR count). The Labute approximate surface area is 78.1 Å². The van der Waals surface area contributed by atoms with Gasteiger partial charge in [0, 0.05) is 6.54 Å². The molecule has 0 aromatic heterocycles. The molecule has 0 bridgehead atoms. The van der Waals surface area contributed by atoms with Crippen LogP contribution >= 0.6 is 0 Å². The fraction of sp³-hybridized carbons (Fsp3) is 1.00. The number of nitrogens with one attached hydrogen (secondary N) is 2. The van der Waals surface area contributed by atoms with Gasteiger partial charge >= 0.3 is 0 Å². The molecule has 0 aliphatic rings. The molecule has 0 saturated heterocycles. The first kappa shape index (κ1) is 12.8. The van der Waals surface area contributed by atoms with Gasteiger partial charge in [-0.2, -0.15) is 13.1 Å². The summed E-state index contributed by atoms with van der Waals surface area (Å²) in [6.45, 7) is 2.36. The molecule has 0 spiro atoms. The summed E-state index contributed by atoms with van der Waals surface area (Å²) in [4.78, 5) is 0. The van der Waals surface area contributed by atoms with Gasteiger partial charge in [0.05, 0.1) is 18.8 Å². The number of aliphatic hydroxyl groups excluding tert-OH is 2. The molecule has 0 saturated carbocycles. The normalized spacial score (nSPS) is 13.2. The first-order valence-electron chi connectivity index (χ1n) is 3.89. The Bertz CT molecular complexity index is 235. The lowest BCUT2D eigenvalue weighted by Crippen LogP contribution is -2.54. The van der Waals surface area contributed by atoms with E-state index in [4.69, 9.17) is 10.2 Å². The van der Waals surface area contributed by atoms with Crippen molar-refractivity contribution in [1.82, 2.24) is 9.44 Å². The highest BCUT2D eigenvalue weighted by atomic mass is 32.2. The smallest absolute Gasteiger partial charge is 0.277 e. The maximum absolute atomic E-state index is 11.1. The van der Waals surface area contributed by atoms with Crippen LogP contribution in [0.25, 0.3) is 0 Å². The van der Waals surface area contributed by atoms with Gasteiger partial charge in [-0.1, -0.05) is 6.92 Å². The second-order valence-corrected chi connectivity index (χ2v) is 4.48. The molecular formula is C6H16N2O4S. The molecule has 7 heteroatoms. The lowest BCUT2D eigenvalue weighted by Gasteiger charge is -2.25. The zero-order valence-corrected chi connectivity index (χ0v) is 8.56. The topological polar surface area (TPSA) is 98.7 Å². The number of aliphatic hydroxyl groups is 2. The van der Waals surface area contributed by atoms with Crippen LogP contribution < -0.4 is 9.44 Å². The van der Waals surface area contributed by atoms with Gasteiger partial charge in [0.15, 0.2) is 0 Å². The number of rotatable bonds is 6. The second-order valence-electron chi connectivity index (χ2n) is 2.98. The van der Waals surface area contributed by atoms with Gasteiger partial charge in [0.2, 0.25) is 0 Å². The van der Waals surface area contributed by atoms with Gasteiger partial charge in [0.25, 0.3) is 10.2 Å². The third-order valence-electron chi connectivity index (χ3n) is 1.41. The van der Waals surface area contributed by atoms with Gasteiger partial charge in [-0.25, -0.2) is 4.72 Å². The van der Waals surface area contributed by atoms with E-state index >= 15 is 0 Å². The molecule has 0 amide bonds. The van der Waals surface area contributed by atoms with Gasteiger partial charge in [0.1, 0.15) is 0 Å². The van der Waals surface area contributed by atoms with Crippen LogP contribution in [0.2, 0.25) is 0 Å². The van der Waals surface area contributed by atoms with Crippen LogP contribution in [-0.4, -0.2) is 43.9 Å². The van der Waals surface area contributed by atoms with E-state index in [2.05, 4.69) is 9.44 Å². The third kappa shape index (κ3) is 4.53. The molecule has 0 aliphatic heterocycles. The van der Waals surface area contributed by atoms with Crippen molar-refractivity contribution in [3.8, 4) is 0 Å². The summed E-state index contributed by atoms with van der Waals surface area (Å²) in [6, 6.07) is 0. The molecule has 0 aliphatic carbocycles. The maximum atomic E-state index is 11.1. The van der Waals surface area contributed by atoms with Crippen molar-refractivity contribution in [1.29, 1.82) is 0 Å². The van der Waals surface area contributed by atoms with Crippen LogP contribution in [0.3, 0.4) is 0 Å². The lowest BCUT2D eigenvalue weighted by molar-refractivity contribution is 0.121. The number of hydrogen-bond donors (Lipinski definition) is 4. The lowest BCUT2D eigenvalue weighted by atomic mass is 10.1. The zero-order chi connectivity index (χ0) is 10.5. The highest BCUT2D eigenvalue weighted by Crippen LogP contribution is 2.01. The highest BCUT2D eigenvalue weighted by Gasteiger charge is 2.27. The molecule has 0 aromatic carbocycles. The third-order valence-corrected chi connectivity index (χ3v) is 2.84. The zero-order valence-electron chi connectivity index (χ0n) is 7.74. The minimum absolute atomic E-state index is 0.252. The van der Waals surface area contributed by atoms with E-state index in [0.717, 1.165) is 0 Å². The van der Waals surface area contributed by atoms with Crippen LogP contribution in [0.1, 0.15) is 13.8 Å². The molecule has 0 aromatic rings. The Morgan fingerprint density at radius 1 is 1.31 bits per heavy atom. The van der Waals surface area contributed by atoms with E-state index in [0.29, 0.717) is 0 Å². The van der Waals surface area contributed by atoms with Gasteiger partial charge in [-0.05, 0) is 6.92 Å². The molecule has 13 heavy (non-hydrogen) atoms. The van der Waals surface area contributed by atoms with Crippen LogP contribution in [0.5, 0.6) is 0 Å². The van der Waals surface area contributed by atoms with Crippen molar-refractivity contribution in [3.63, 3.8) is 0 Å². The van der Waals surface area contributed by atoms with Crippen LogP contribution in [0, 0.1) is 0 Å². The predicted octanol–water partition coefficient (Wildman–Crippen LogP) is -1.83. The van der Waals surface area contributed by atoms with Crippen molar-refractivity contribution in [3.05, 3.63) is 0 Å². The monoisotopic (exact) mass is 212 g/mol. The summed E-state index contributed by atoms with van der Waals surface area (Å²) in [7, 11) is -3.63. The molecule has 0 atom stereocenters. The Morgan fingerprint density at radius 3 is 2.08 bits per heavy atom. The molecule has 0 unspecified atom stereocenters. The first-order valence-corrected chi connectivity index (χ1v) is 5.37. The van der Waals surface area contributed by atoms with Crippen LogP contribution in [0.15, 0.2) is 0 Å². The Morgan fingerprint density at radius 2 is 1.77 bits per heavy atom. The van der Waals surface area contributed by atoms with Crippen molar-refractivity contribution >= 4 is 10.2 Å². The van der Waals surface area contributed by atoms with E-state index in [9.17, 15) is 8.42 Å². The van der Waals surface area contributed by atoms with Crippen molar-refractivity contribution < 1.29 is 18.6 Å². The Kier molecular flexibility index (Phi) is 4.79. The Balaban J connectivity index is 4.40. The summed E-state index contributed by atoms with van der Waals surface area (Å²) >= 11 is 0. The Hall–Kier alpha value is -0.210. The average molecular weight is 212 g/mol. The molecule has 0 fully saturated rings. The van der Waals surface area contributed by atoms with Crippen LogP contribution in [0.4, 0.5) is 0 Å². The van der Waals surface area contributed by atoms with E-state index in [1.165, 1.54) is 6.92 Å². The molecule has 0 radical (unpaired) electrons. The molecule has 80 valence electrons. The van der Waals surface area contributed by atoms with E-state index < -0.39 is 29.0 Å². The van der Waals surface area contributed by atoms with E-state index in [-0.39, 0.29) is 6.54 Å². The highest BCUT2D eigenvalue weighted by molar-refractivity contribution is 7.87. The standard InChI is InChI=1S/C6H16N2O4S/c1-3-7-13(11,12)8-6(2,4-9)5-10/h7-10H,3-5H2,1-2H3.